The van der Waals surface area contributed by atoms with Gasteiger partial charge in [0, 0.05) is 18.8 Å². The first kappa shape index (κ1) is 14.8. The number of imidazole rings is 1. The van der Waals surface area contributed by atoms with Gasteiger partial charge in [0.2, 0.25) is 0 Å². The number of hydrogen-bond acceptors (Lipinski definition) is 2. The smallest absolute Gasteiger partial charge is 0.108 e. The summed E-state index contributed by atoms with van der Waals surface area (Å²) in [5.74, 6) is 1.13. The second-order valence-electron chi connectivity index (χ2n) is 5.36. The molecular weight excluding hydrogens is 246 g/mol. The van der Waals surface area contributed by atoms with Gasteiger partial charge in [-0.1, -0.05) is 38.1 Å². The first-order valence-corrected chi connectivity index (χ1v) is 7.53. The number of rotatable bonds is 6. The molecule has 3 nitrogen and oxygen atoms in total. The van der Waals surface area contributed by atoms with Gasteiger partial charge in [-0.25, -0.2) is 4.98 Å². The minimum atomic E-state index is -0.00860. The highest BCUT2D eigenvalue weighted by Gasteiger charge is 2.18. The molecule has 108 valence electrons. The van der Waals surface area contributed by atoms with Gasteiger partial charge in [0.15, 0.2) is 0 Å². The lowest BCUT2D eigenvalue weighted by Gasteiger charge is -2.23. The maximum Gasteiger partial charge on any atom is 0.108 e. The van der Waals surface area contributed by atoms with E-state index in [1.54, 1.807) is 0 Å². The molecule has 20 heavy (non-hydrogen) atoms. The number of benzene rings is 1. The van der Waals surface area contributed by atoms with Crippen molar-refractivity contribution in [1.29, 1.82) is 0 Å². The van der Waals surface area contributed by atoms with E-state index in [1.807, 2.05) is 12.4 Å². The Morgan fingerprint density at radius 3 is 2.50 bits per heavy atom. The van der Waals surface area contributed by atoms with Crippen LogP contribution >= 0.6 is 0 Å². The van der Waals surface area contributed by atoms with E-state index in [-0.39, 0.29) is 12.1 Å². The molecule has 0 radical (unpaired) electrons. The molecule has 0 bridgehead atoms. The third-order valence-corrected chi connectivity index (χ3v) is 3.95. The highest BCUT2D eigenvalue weighted by molar-refractivity contribution is 5.25. The van der Waals surface area contributed by atoms with Gasteiger partial charge in [-0.2, -0.15) is 0 Å². The predicted octanol–water partition coefficient (Wildman–Crippen LogP) is 3.66. The molecule has 2 N–H and O–H groups in total. The molecule has 2 rings (SSSR count). The molecule has 0 fully saturated rings. The van der Waals surface area contributed by atoms with Crippen molar-refractivity contribution in [2.45, 2.75) is 52.1 Å². The summed E-state index contributed by atoms with van der Waals surface area (Å²) in [7, 11) is 0. The molecule has 0 aliphatic carbocycles. The van der Waals surface area contributed by atoms with Gasteiger partial charge in [-0.15, -0.1) is 0 Å². The first-order valence-electron chi connectivity index (χ1n) is 7.53. The summed E-state index contributed by atoms with van der Waals surface area (Å²) in [6.07, 6.45) is 7.07. The van der Waals surface area contributed by atoms with E-state index in [2.05, 4.69) is 54.6 Å². The van der Waals surface area contributed by atoms with Crippen LogP contribution in [0.3, 0.4) is 0 Å². The fourth-order valence-electron chi connectivity index (χ4n) is 2.56. The molecule has 3 heteroatoms. The molecule has 0 aliphatic heterocycles. The van der Waals surface area contributed by atoms with Crippen LogP contribution in [-0.2, 0) is 12.8 Å². The quantitative estimate of drug-likeness (QED) is 0.871. The van der Waals surface area contributed by atoms with Gasteiger partial charge in [0.1, 0.15) is 5.82 Å². The van der Waals surface area contributed by atoms with Gasteiger partial charge in [-0.05, 0) is 30.9 Å². The Balaban J connectivity index is 2.18. The van der Waals surface area contributed by atoms with Gasteiger partial charge in [0.25, 0.3) is 0 Å². The Labute approximate surface area is 121 Å². The van der Waals surface area contributed by atoms with Crippen LogP contribution in [0.15, 0.2) is 36.7 Å². The second-order valence-corrected chi connectivity index (χ2v) is 5.36. The number of nitrogens with two attached hydrogens (primary N) is 1. The van der Waals surface area contributed by atoms with E-state index in [0.717, 1.165) is 25.1 Å². The zero-order valence-corrected chi connectivity index (χ0v) is 12.7. The summed E-state index contributed by atoms with van der Waals surface area (Å²) in [6.45, 7) is 6.51. The Morgan fingerprint density at radius 2 is 1.90 bits per heavy atom. The fraction of sp³-hybridized carbons (Fsp3) is 0.471. The maximum absolute atomic E-state index is 6.44. The lowest BCUT2D eigenvalue weighted by molar-refractivity contribution is 0.438. The lowest BCUT2D eigenvalue weighted by Crippen LogP contribution is -2.23. The highest BCUT2D eigenvalue weighted by atomic mass is 15.1. The van der Waals surface area contributed by atoms with Gasteiger partial charge >= 0.3 is 0 Å². The normalized spacial score (nSPS) is 14.2. The average molecular weight is 271 g/mol. The van der Waals surface area contributed by atoms with Gasteiger partial charge < -0.3 is 10.3 Å². The van der Waals surface area contributed by atoms with Crippen molar-refractivity contribution in [1.82, 2.24) is 9.55 Å². The number of aromatic nitrogens is 2. The number of nitrogens with zero attached hydrogens (tertiary/aromatic N) is 2. The molecule has 1 aromatic carbocycles. The molecule has 2 atom stereocenters. The molecule has 2 aromatic rings. The minimum Gasteiger partial charge on any atom is -0.330 e. The fourth-order valence-corrected chi connectivity index (χ4v) is 2.56. The molecule has 0 saturated carbocycles. The zero-order chi connectivity index (χ0) is 14.5. The Hall–Kier alpha value is -1.61. The number of aryl methyl sites for hydroxylation is 2. The Bertz CT molecular complexity index is 527. The van der Waals surface area contributed by atoms with Crippen molar-refractivity contribution < 1.29 is 0 Å². The Morgan fingerprint density at radius 1 is 1.20 bits per heavy atom. The molecular formula is C17H25N3. The first-order chi connectivity index (χ1) is 9.67. The van der Waals surface area contributed by atoms with E-state index >= 15 is 0 Å². The summed E-state index contributed by atoms with van der Waals surface area (Å²) in [6, 6.07) is 8.84. The average Bonchev–Trinajstić information content (AvgIpc) is 2.94. The van der Waals surface area contributed by atoms with Crippen LogP contribution in [0.5, 0.6) is 0 Å². The van der Waals surface area contributed by atoms with Crippen molar-refractivity contribution in [3.63, 3.8) is 0 Å². The van der Waals surface area contributed by atoms with Gasteiger partial charge in [0.05, 0.1) is 12.1 Å². The maximum atomic E-state index is 6.44. The van der Waals surface area contributed by atoms with E-state index in [1.165, 1.54) is 11.1 Å². The van der Waals surface area contributed by atoms with E-state index in [4.69, 9.17) is 5.73 Å². The van der Waals surface area contributed by atoms with Crippen LogP contribution in [0.4, 0.5) is 0 Å². The monoisotopic (exact) mass is 271 g/mol. The molecule has 0 spiro atoms. The van der Waals surface area contributed by atoms with Crippen molar-refractivity contribution in [2.24, 2.45) is 5.73 Å². The van der Waals surface area contributed by atoms with Crippen molar-refractivity contribution in [3.8, 4) is 0 Å². The van der Waals surface area contributed by atoms with E-state index in [9.17, 15) is 0 Å². The van der Waals surface area contributed by atoms with Gasteiger partial charge in [-0.3, -0.25) is 0 Å². The lowest BCUT2D eigenvalue weighted by atomic mass is 9.99. The summed E-state index contributed by atoms with van der Waals surface area (Å²) < 4.78 is 2.21. The molecule has 1 aromatic heterocycles. The van der Waals surface area contributed by atoms with Crippen LogP contribution < -0.4 is 5.73 Å². The third kappa shape index (κ3) is 3.10. The predicted molar refractivity (Wildman–Crippen MR) is 83.7 cm³/mol. The third-order valence-electron chi connectivity index (χ3n) is 3.95. The highest BCUT2D eigenvalue weighted by Crippen LogP contribution is 2.25. The minimum absolute atomic E-state index is 0.00860. The summed E-state index contributed by atoms with van der Waals surface area (Å²) in [5.41, 5.74) is 8.97. The van der Waals surface area contributed by atoms with E-state index < -0.39 is 0 Å². The largest absolute Gasteiger partial charge is 0.330 e. The standard InChI is InChI=1S/C17H25N3/c1-4-6-16-19-11-12-20(16)13(3)17(18)15-9-7-14(5-2)8-10-15/h7-13,17H,4-6,18H2,1-3H3. The zero-order valence-electron chi connectivity index (χ0n) is 12.7. The molecule has 0 amide bonds. The molecule has 0 saturated heterocycles. The van der Waals surface area contributed by atoms with Crippen molar-refractivity contribution in [2.75, 3.05) is 0 Å². The van der Waals surface area contributed by atoms with Crippen LogP contribution in [0.2, 0.25) is 0 Å². The SMILES string of the molecule is CCCc1nccn1C(C)C(N)c1ccc(CC)cc1. The summed E-state index contributed by atoms with van der Waals surface area (Å²) >= 11 is 0. The van der Waals surface area contributed by atoms with Crippen molar-refractivity contribution >= 4 is 0 Å². The van der Waals surface area contributed by atoms with Crippen LogP contribution in [0.25, 0.3) is 0 Å². The summed E-state index contributed by atoms with van der Waals surface area (Å²) in [4.78, 5) is 4.44. The van der Waals surface area contributed by atoms with Crippen molar-refractivity contribution in [3.05, 3.63) is 53.6 Å². The van der Waals surface area contributed by atoms with Crippen LogP contribution in [0.1, 0.15) is 56.2 Å². The molecule has 1 heterocycles. The topological polar surface area (TPSA) is 43.8 Å². The van der Waals surface area contributed by atoms with Crippen LogP contribution in [-0.4, -0.2) is 9.55 Å². The number of hydrogen-bond donors (Lipinski definition) is 1. The molecule has 2 unspecified atom stereocenters. The van der Waals surface area contributed by atoms with E-state index in [0.29, 0.717) is 0 Å². The second kappa shape index (κ2) is 6.71. The Kier molecular flexibility index (Phi) is 4.96. The summed E-state index contributed by atoms with van der Waals surface area (Å²) in [5, 5.41) is 0. The molecule has 0 aliphatic rings. The van der Waals surface area contributed by atoms with Crippen LogP contribution in [0, 0.1) is 0 Å².